The second kappa shape index (κ2) is 5.87. The zero-order chi connectivity index (χ0) is 13.8. The van der Waals surface area contributed by atoms with Crippen LogP contribution in [-0.2, 0) is 0 Å². The van der Waals surface area contributed by atoms with E-state index in [-0.39, 0.29) is 5.91 Å². The number of nitrogens with zero attached hydrogens (tertiary/aromatic N) is 2. The number of hydrogen-bond acceptors (Lipinski definition) is 2. The number of hydrogen-bond donors (Lipinski definition) is 0. The molecule has 2 aromatic rings. The lowest BCUT2D eigenvalue weighted by Crippen LogP contribution is -2.37. The smallest absolute Gasteiger partial charge is 0.253 e. The molecule has 0 atom stereocenters. The fourth-order valence-electron chi connectivity index (χ4n) is 2.81. The third kappa shape index (κ3) is 2.72. The number of amides is 1. The second-order valence-corrected chi connectivity index (χ2v) is 5.21. The molecule has 1 aromatic heterocycles. The van der Waals surface area contributed by atoms with Gasteiger partial charge in [-0.2, -0.15) is 0 Å². The van der Waals surface area contributed by atoms with E-state index in [1.165, 1.54) is 5.56 Å². The van der Waals surface area contributed by atoms with Crippen LogP contribution < -0.4 is 0 Å². The van der Waals surface area contributed by atoms with Crippen LogP contribution in [0.4, 0.5) is 0 Å². The molecule has 1 fully saturated rings. The molecule has 3 heteroatoms. The number of pyridine rings is 1. The summed E-state index contributed by atoms with van der Waals surface area (Å²) in [6.07, 6.45) is 5.75. The number of carbonyl (C=O) groups is 1. The first kappa shape index (κ1) is 12.9. The van der Waals surface area contributed by atoms with Crippen LogP contribution >= 0.6 is 0 Å². The Morgan fingerprint density at radius 3 is 2.30 bits per heavy atom. The van der Waals surface area contributed by atoms with E-state index < -0.39 is 0 Å². The molecule has 0 unspecified atom stereocenters. The second-order valence-electron chi connectivity index (χ2n) is 5.21. The van der Waals surface area contributed by atoms with Crippen molar-refractivity contribution < 1.29 is 4.79 Å². The maximum atomic E-state index is 12.4. The Balaban J connectivity index is 1.63. The SMILES string of the molecule is O=C(c1ccccc1)N1CCC(c2ccncc2)CC1. The van der Waals surface area contributed by atoms with Crippen LogP contribution in [0.2, 0.25) is 0 Å². The number of carbonyl (C=O) groups excluding carboxylic acids is 1. The van der Waals surface area contributed by atoms with Crippen molar-refractivity contribution in [1.82, 2.24) is 9.88 Å². The van der Waals surface area contributed by atoms with Crippen molar-refractivity contribution in [2.24, 2.45) is 0 Å². The van der Waals surface area contributed by atoms with Crippen molar-refractivity contribution in [2.75, 3.05) is 13.1 Å². The molecule has 0 aliphatic carbocycles. The van der Waals surface area contributed by atoms with Gasteiger partial charge in [0.2, 0.25) is 0 Å². The van der Waals surface area contributed by atoms with Crippen LogP contribution in [0.25, 0.3) is 0 Å². The standard InChI is InChI=1S/C17H18N2O/c20-17(16-4-2-1-3-5-16)19-12-8-15(9-13-19)14-6-10-18-11-7-14/h1-7,10-11,15H,8-9,12-13H2. The minimum atomic E-state index is 0.152. The predicted octanol–water partition coefficient (Wildman–Crippen LogP) is 3.10. The number of benzene rings is 1. The summed E-state index contributed by atoms with van der Waals surface area (Å²) >= 11 is 0. The molecule has 0 spiro atoms. The Morgan fingerprint density at radius 2 is 1.65 bits per heavy atom. The number of aromatic nitrogens is 1. The average Bonchev–Trinajstić information content (AvgIpc) is 2.56. The molecule has 1 aromatic carbocycles. The van der Waals surface area contributed by atoms with Crippen molar-refractivity contribution in [1.29, 1.82) is 0 Å². The molecule has 3 nitrogen and oxygen atoms in total. The van der Waals surface area contributed by atoms with Gasteiger partial charge in [-0.3, -0.25) is 9.78 Å². The molecule has 1 aliphatic rings. The number of piperidine rings is 1. The van der Waals surface area contributed by atoms with Gasteiger partial charge in [0, 0.05) is 31.0 Å². The predicted molar refractivity (Wildman–Crippen MR) is 78.6 cm³/mol. The first-order valence-corrected chi connectivity index (χ1v) is 7.09. The fourth-order valence-corrected chi connectivity index (χ4v) is 2.81. The summed E-state index contributed by atoms with van der Waals surface area (Å²) in [5, 5.41) is 0. The van der Waals surface area contributed by atoms with Gasteiger partial charge in [0.25, 0.3) is 5.91 Å². The third-order valence-electron chi connectivity index (χ3n) is 3.98. The molecule has 0 saturated carbocycles. The van der Waals surface area contributed by atoms with Gasteiger partial charge in [0.15, 0.2) is 0 Å². The summed E-state index contributed by atoms with van der Waals surface area (Å²) < 4.78 is 0. The highest BCUT2D eigenvalue weighted by Crippen LogP contribution is 2.28. The van der Waals surface area contributed by atoms with Gasteiger partial charge >= 0.3 is 0 Å². The normalized spacial score (nSPS) is 16.1. The Hall–Kier alpha value is -2.16. The van der Waals surface area contributed by atoms with Crippen molar-refractivity contribution >= 4 is 5.91 Å². The quantitative estimate of drug-likeness (QED) is 0.836. The molecule has 0 radical (unpaired) electrons. The Kier molecular flexibility index (Phi) is 3.77. The van der Waals surface area contributed by atoms with E-state index in [1.807, 2.05) is 47.6 Å². The van der Waals surface area contributed by atoms with E-state index in [0.29, 0.717) is 5.92 Å². The molecule has 2 heterocycles. The lowest BCUT2D eigenvalue weighted by molar-refractivity contribution is 0.0713. The van der Waals surface area contributed by atoms with Gasteiger partial charge in [0.05, 0.1) is 0 Å². The van der Waals surface area contributed by atoms with E-state index in [1.54, 1.807) is 0 Å². The summed E-state index contributed by atoms with van der Waals surface area (Å²) in [5.74, 6) is 0.705. The molecular formula is C17H18N2O. The molecule has 1 amide bonds. The van der Waals surface area contributed by atoms with Crippen LogP contribution in [-0.4, -0.2) is 28.9 Å². The molecule has 1 saturated heterocycles. The molecule has 102 valence electrons. The number of rotatable bonds is 2. The fraction of sp³-hybridized carbons (Fsp3) is 0.294. The van der Waals surface area contributed by atoms with E-state index in [9.17, 15) is 4.79 Å². The van der Waals surface area contributed by atoms with Crippen molar-refractivity contribution in [3.8, 4) is 0 Å². The van der Waals surface area contributed by atoms with E-state index in [4.69, 9.17) is 0 Å². The highest BCUT2D eigenvalue weighted by Gasteiger charge is 2.24. The topological polar surface area (TPSA) is 33.2 Å². The van der Waals surface area contributed by atoms with Crippen LogP contribution in [0, 0.1) is 0 Å². The van der Waals surface area contributed by atoms with Gasteiger partial charge in [-0.1, -0.05) is 18.2 Å². The van der Waals surface area contributed by atoms with Gasteiger partial charge in [0.1, 0.15) is 0 Å². The first-order chi connectivity index (χ1) is 9.84. The zero-order valence-electron chi connectivity index (χ0n) is 11.4. The zero-order valence-corrected chi connectivity index (χ0v) is 11.4. The van der Waals surface area contributed by atoms with Crippen LogP contribution in [0.3, 0.4) is 0 Å². The highest BCUT2D eigenvalue weighted by atomic mass is 16.2. The summed E-state index contributed by atoms with van der Waals surface area (Å²) in [6.45, 7) is 1.67. The Bertz CT molecular complexity index is 560. The van der Waals surface area contributed by atoms with Crippen molar-refractivity contribution in [2.45, 2.75) is 18.8 Å². The summed E-state index contributed by atoms with van der Waals surface area (Å²) in [6, 6.07) is 13.7. The minimum Gasteiger partial charge on any atom is -0.339 e. The van der Waals surface area contributed by atoms with E-state index >= 15 is 0 Å². The van der Waals surface area contributed by atoms with Crippen molar-refractivity contribution in [3.05, 3.63) is 66.0 Å². The van der Waals surface area contributed by atoms with Gasteiger partial charge in [-0.25, -0.2) is 0 Å². The monoisotopic (exact) mass is 266 g/mol. The first-order valence-electron chi connectivity index (χ1n) is 7.09. The van der Waals surface area contributed by atoms with E-state index in [0.717, 1.165) is 31.5 Å². The van der Waals surface area contributed by atoms with Gasteiger partial charge in [-0.05, 0) is 48.6 Å². The summed E-state index contributed by atoms with van der Waals surface area (Å²) in [5.41, 5.74) is 2.13. The highest BCUT2D eigenvalue weighted by molar-refractivity contribution is 5.94. The lowest BCUT2D eigenvalue weighted by Gasteiger charge is -2.32. The average molecular weight is 266 g/mol. The van der Waals surface area contributed by atoms with Gasteiger partial charge in [-0.15, -0.1) is 0 Å². The molecule has 3 rings (SSSR count). The molecule has 1 aliphatic heterocycles. The molecular weight excluding hydrogens is 248 g/mol. The van der Waals surface area contributed by atoms with Gasteiger partial charge < -0.3 is 4.90 Å². The summed E-state index contributed by atoms with van der Waals surface area (Å²) in [7, 11) is 0. The maximum Gasteiger partial charge on any atom is 0.253 e. The maximum absolute atomic E-state index is 12.4. The van der Waals surface area contributed by atoms with Crippen LogP contribution in [0.1, 0.15) is 34.7 Å². The Morgan fingerprint density at radius 1 is 1.00 bits per heavy atom. The minimum absolute atomic E-state index is 0.152. The van der Waals surface area contributed by atoms with Crippen molar-refractivity contribution in [3.63, 3.8) is 0 Å². The number of likely N-dealkylation sites (tertiary alicyclic amines) is 1. The van der Waals surface area contributed by atoms with Crippen LogP contribution in [0.5, 0.6) is 0 Å². The lowest BCUT2D eigenvalue weighted by atomic mass is 9.90. The van der Waals surface area contributed by atoms with Crippen LogP contribution in [0.15, 0.2) is 54.9 Å². The largest absolute Gasteiger partial charge is 0.339 e. The van der Waals surface area contributed by atoms with E-state index in [2.05, 4.69) is 17.1 Å². The Labute approximate surface area is 119 Å². The summed E-state index contributed by atoms with van der Waals surface area (Å²) in [4.78, 5) is 18.4. The third-order valence-corrected chi connectivity index (χ3v) is 3.98. The molecule has 0 bridgehead atoms. The molecule has 20 heavy (non-hydrogen) atoms. The molecule has 0 N–H and O–H groups in total.